The zero-order chi connectivity index (χ0) is 22.3. The molecule has 1 fully saturated rings. The minimum atomic E-state index is -0.943. The monoisotopic (exact) mass is 458 g/mol. The highest BCUT2D eigenvalue weighted by Crippen LogP contribution is 2.45. The second kappa shape index (κ2) is 8.05. The standard InChI is InChI=1S/C21H15FN2O5S2/c1-10-18(20(28)29-2)31-21(23-10)24-15(13-4-3-9-30-13)14(17(26)19(24)27)16(25)11-5-7-12(22)8-6-11/h3-9,15,25H,1-2H3/t15-/m1/s1. The molecule has 0 spiro atoms. The number of nitrogens with zero attached hydrogens (tertiary/aromatic N) is 2. The number of thiophene rings is 1. The molecule has 0 radical (unpaired) electrons. The third-order valence-electron chi connectivity index (χ3n) is 4.74. The zero-order valence-electron chi connectivity index (χ0n) is 16.3. The molecule has 4 rings (SSSR count). The topological polar surface area (TPSA) is 96.8 Å². The number of carbonyl (C=O) groups is 3. The lowest BCUT2D eigenvalue weighted by atomic mass is 10.00. The molecule has 1 aliphatic heterocycles. The number of Topliss-reactive ketones (excluding diaryl/α,β-unsaturated/α-hetero) is 1. The molecule has 2 aromatic heterocycles. The van der Waals surface area contributed by atoms with Crippen molar-refractivity contribution in [1.82, 2.24) is 4.98 Å². The number of ketones is 1. The van der Waals surface area contributed by atoms with E-state index in [1.807, 2.05) is 0 Å². The number of thiazole rings is 1. The number of ether oxygens (including phenoxy) is 1. The van der Waals surface area contributed by atoms with E-state index in [9.17, 15) is 23.9 Å². The van der Waals surface area contributed by atoms with Gasteiger partial charge >= 0.3 is 11.9 Å². The van der Waals surface area contributed by atoms with Gasteiger partial charge in [0.25, 0.3) is 5.78 Å². The van der Waals surface area contributed by atoms with E-state index in [1.54, 1.807) is 24.4 Å². The van der Waals surface area contributed by atoms with Crippen LogP contribution in [0.15, 0.2) is 47.4 Å². The van der Waals surface area contributed by atoms with Gasteiger partial charge in [-0.2, -0.15) is 0 Å². The third kappa shape index (κ3) is 3.53. The molecular formula is C21H15FN2O5S2. The number of esters is 1. The van der Waals surface area contributed by atoms with Crippen molar-refractivity contribution in [2.75, 3.05) is 12.0 Å². The number of carbonyl (C=O) groups excluding carboxylic acids is 3. The Labute approximate surface area is 184 Å². The highest BCUT2D eigenvalue weighted by Gasteiger charge is 2.48. The van der Waals surface area contributed by atoms with E-state index in [-0.39, 0.29) is 21.1 Å². The van der Waals surface area contributed by atoms with Gasteiger partial charge in [-0.15, -0.1) is 11.3 Å². The van der Waals surface area contributed by atoms with E-state index in [4.69, 9.17) is 4.74 Å². The van der Waals surface area contributed by atoms with Gasteiger partial charge in [0, 0.05) is 10.4 Å². The van der Waals surface area contributed by atoms with E-state index in [1.165, 1.54) is 35.5 Å². The summed E-state index contributed by atoms with van der Waals surface area (Å²) in [5.74, 6) is -3.29. The average Bonchev–Trinajstić information content (AvgIpc) is 3.47. The normalized spacial score (nSPS) is 17.9. The van der Waals surface area contributed by atoms with Crippen LogP contribution in [-0.2, 0) is 14.3 Å². The molecule has 1 aliphatic rings. The van der Waals surface area contributed by atoms with Crippen LogP contribution in [0.5, 0.6) is 0 Å². The molecule has 3 heterocycles. The number of rotatable bonds is 4. The second-order valence-corrected chi connectivity index (χ2v) is 8.55. The van der Waals surface area contributed by atoms with Crippen molar-refractivity contribution in [3.63, 3.8) is 0 Å². The molecule has 1 N–H and O–H groups in total. The minimum Gasteiger partial charge on any atom is -0.507 e. The maximum absolute atomic E-state index is 13.3. The highest BCUT2D eigenvalue weighted by molar-refractivity contribution is 7.18. The van der Waals surface area contributed by atoms with E-state index in [0.29, 0.717) is 10.6 Å². The summed E-state index contributed by atoms with van der Waals surface area (Å²) in [5.41, 5.74) is 0.426. The summed E-state index contributed by atoms with van der Waals surface area (Å²) in [5, 5.41) is 12.8. The van der Waals surface area contributed by atoms with Crippen LogP contribution in [0.2, 0.25) is 0 Å². The molecule has 0 aliphatic carbocycles. The smallest absolute Gasteiger partial charge is 0.350 e. The maximum atomic E-state index is 13.3. The van der Waals surface area contributed by atoms with Crippen LogP contribution in [0.3, 0.4) is 0 Å². The lowest BCUT2D eigenvalue weighted by molar-refractivity contribution is -0.132. The predicted octanol–water partition coefficient (Wildman–Crippen LogP) is 4.07. The molecule has 0 unspecified atom stereocenters. The Morgan fingerprint density at radius 1 is 1.23 bits per heavy atom. The Kier molecular flexibility index (Phi) is 5.42. The minimum absolute atomic E-state index is 0.133. The van der Waals surface area contributed by atoms with E-state index >= 15 is 0 Å². The molecular weight excluding hydrogens is 443 g/mol. The van der Waals surface area contributed by atoms with Gasteiger partial charge < -0.3 is 9.84 Å². The van der Waals surface area contributed by atoms with Crippen LogP contribution in [0.25, 0.3) is 5.76 Å². The number of anilines is 1. The summed E-state index contributed by atoms with van der Waals surface area (Å²) in [6.07, 6.45) is 0. The van der Waals surface area contributed by atoms with Gasteiger partial charge in [0.05, 0.1) is 18.4 Å². The molecule has 1 aromatic carbocycles. The van der Waals surface area contributed by atoms with Gasteiger partial charge in [-0.25, -0.2) is 14.2 Å². The Morgan fingerprint density at radius 2 is 1.94 bits per heavy atom. The Bertz CT molecular complexity index is 1220. The van der Waals surface area contributed by atoms with Crippen LogP contribution in [-0.4, -0.2) is 34.9 Å². The number of amides is 1. The molecule has 1 amide bonds. The summed E-state index contributed by atoms with van der Waals surface area (Å²) in [6, 6.07) is 7.50. The van der Waals surface area contributed by atoms with Crippen molar-refractivity contribution in [2.24, 2.45) is 0 Å². The number of halogens is 1. The largest absolute Gasteiger partial charge is 0.507 e. The van der Waals surface area contributed by atoms with Crippen LogP contribution in [0.1, 0.15) is 31.8 Å². The second-order valence-electron chi connectivity index (χ2n) is 6.59. The number of benzene rings is 1. The van der Waals surface area contributed by atoms with Crippen molar-refractivity contribution >= 4 is 51.2 Å². The number of aromatic nitrogens is 1. The number of aliphatic hydroxyl groups is 1. The molecule has 1 saturated heterocycles. The predicted molar refractivity (Wildman–Crippen MR) is 114 cm³/mol. The third-order valence-corrected chi connectivity index (χ3v) is 6.80. The van der Waals surface area contributed by atoms with Crippen molar-refractivity contribution in [1.29, 1.82) is 0 Å². The molecule has 7 nitrogen and oxygen atoms in total. The molecule has 0 bridgehead atoms. The molecule has 10 heteroatoms. The first kappa shape index (κ1) is 20.9. The van der Waals surface area contributed by atoms with Crippen LogP contribution < -0.4 is 4.90 Å². The summed E-state index contributed by atoms with van der Waals surface area (Å²) < 4.78 is 18.1. The molecule has 0 saturated carbocycles. The fourth-order valence-corrected chi connectivity index (χ4v) is 5.11. The van der Waals surface area contributed by atoms with E-state index in [2.05, 4.69) is 4.98 Å². The van der Waals surface area contributed by atoms with E-state index < -0.39 is 35.3 Å². The Balaban J connectivity index is 1.90. The first-order chi connectivity index (χ1) is 14.8. The summed E-state index contributed by atoms with van der Waals surface area (Å²) in [4.78, 5) is 44.3. The average molecular weight is 458 g/mol. The summed E-state index contributed by atoms with van der Waals surface area (Å²) in [7, 11) is 1.24. The molecule has 1 atom stereocenters. The fraction of sp³-hybridized carbons (Fsp3) is 0.143. The van der Waals surface area contributed by atoms with Crippen LogP contribution >= 0.6 is 22.7 Å². The Hall–Kier alpha value is -3.37. The highest BCUT2D eigenvalue weighted by atomic mass is 32.1. The van der Waals surface area contributed by atoms with Crippen LogP contribution in [0.4, 0.5) is 9.52 Å². The van der Waals surface area contributed by atoms with Gasteiger partial charge in [0.2, 0.25) is 0 Å². The van der Waals surface area contributed by atoms with Crippen molar-refractivity contribution in [2.45, 2.75) is 13.0 Å². The van der Waals surface area contributed by atoms with Crippen molar-refractivity contribution < 1.29 is 28.6 Å². The number of methoxy groups -OCH3 is 1. The SMILES string of the molecule is COC(=O)c1sc(N2C(=O)C(=O)C(=C(O)c3ccc(F)cc3)[C@H]2c2cccs2)nc1C. The number of hydrogen-bond donors (Lipinski definition) is 1. The van der Waals surface area contributed by atoms with Crippen LogP contribution in [0, 0.1) is 12.7 Å². The van der Waals surface area contributed by atoms with Crippen molar-refractivity contribution in [3.05, 3.63) is 74.2 Å². The van der Waals surface area contributed by atoms with Gasteiger partial charge in [0.1, 0.15) is 22.5 Å². The quantitative estimate of drug-likeness (QED) is 0.274. The lowest BCUT2D eigenvalue weighted by Crippen LogP contribution is -2.29. The van der Waals surface area contributed by atoms with Gasteiger partial charge in [-0.05, 0) is 42.6 Å². The number of aryl methyl sites for hydroxylation is 1. The fourth-order valence-electron chi connectivity index (χ4n) is 3.28. The van der Waals surface area contributed by atoms with E-state index in [0.717, 1.165) is 23.5 Å². The summed E-state index contributed by atoms with van der Waals surface area (Å²) in [6.45, 7) is 1.60. The zero-order valence-corrected chi connectivity index (χ0v) is 17.9. The van der Waals surface area contributed by atoms with Gasteiger partial charge in [0.15, 0.2) is 5.13 Å². The lowest BCUT2D eigenvalue weighted by Gasteiger charge is -2.21. The maximum Gasteiger partial charge on any atom is 0.350 e. The number of aliphatic hydroxyl groups excluding tert-OH is 1. The Morgan fingerprint density at radius 3 is 2.55 bits per heavy atom. The first-order valence-corrected chi connectivity index (χ1v) is 10.7. The number of hydrogen-bond acceptors (Lipinski definition) is 8. The van der Waals surface area contributed by atoms with Gasteiger partial charge in [-0.1, -0.05) is 17.4 Å². The molecule has 158 valence electrons. The van der Waals surface area contributed by atoms with Crippen molar-refractivity contribution in [3.8, 4) is 0 Å². The summed E-state index contributed by atoms with van der Waals surface area (Å²) >= 11 is 2.22. The van der Waals surface area contributed by atoms with Gasteiger partial charge in [-0.3, -0.25) is 14.5 Å². The molecule has 31 heavy (non-hydrogen) atoms. The molecule has 3 aromatic rings. The first-order valence-electron chi connectivity index (χ1n) is 8.99.